The number of ether oxygens (including phenoxy) is 1. The van der Waals surface area contributed by atoms with E-state index in [2.05, 4.69) is 17.6 Å². The van der Waals surface area contributed by atoms with E-state index in [1.807, 2.05) is 37.3 Å². The molecule has 3 heterocycles. The highest BCUT2D eigenvalue weighted by molar-refractivity contribution is 5.99. The summed E-state index contributed by atoms with van der Waals surface area (Å²) in [5, 5.41) is 16.0. The zero-order valence-corrected chi connectivity index (χ0v) is 20.2. The average Bonchev–Trinajstić information content (AvgIpc) is 3.49. The fourth-order valence-electron chi connectivity index (χ4n) is 6.08. The first-order valence-corrected chi connectivity index (χ1v) is 12.7. The monoisotopic (exact) mass is 471 g/mol. The van der Waals surface area contributed by atoms with Crippen molar-refractivity contribution in [2.75, 3.05) is 13.2 Å². The van der Waals surface area contributed by atoms with Crippen LogP contribution in [0, 0.1) is 11.8 Å². The maximum absolute atomic E-state index is 13.8. The van der Waals surface area contributed by atoms with Gasteiger partial charge in [0, 0.05) is 13.1 Å². The summed E-state index contributed by atoms with van der Waals surface area (Å²) in [4.78, 5) is 42.1. The van der Waals surface area contributed by atoms with Gasteiger partial charge < -0.3 is 25.4 Å². The van der Waals surface area contributed by atoms with Gasteiger partial charge in [-0.3, -0.25) is 14.4 Å². The minimum atomic E-state index is -1.02. The van der Waals surface area contributed by atoms with Gasteiger partial charge in [-0.1, -0.05) is 57.0 Å². The number of likely N-dealkylation sites (tertiary alicyclic amines) is 1. The maximum atomic E-state index is 13.8. The summed E-state index contributed by atoms with van der Waals surface area (Å²) < 4.78 is 6.40. The van der Waals surface area contributed by atoms with Gasteiger partial charge in [-0.15, -0.1) is 0 Å². The Bertz CT molecular complexity index is 890. The molecule has 3 amide bonds. The zero-order chi connectivity index (χ0) is 24.3. The van der Waals surface area contributed by atoms with E-state index in [4.69, 9.17) is 4.74 Å². The van der Waals surface area contributed by atoms with E-state index in [0.29, 0.717) is 32.4 Å². The summed E-state index contributed by atoms with van der Waals surface area (Å²) in [6.07, 6.45) is 4.25. The van der Waals surface area contributed by atoms with Crippen LogP contribution in [0.2, 0.25) is 0 Å². The minimum absolute atomic E-state index is 0.213. The van der Waals surface area contributed by atoms with Crippen molar-refractivity contribution in [1.29, 1.82) is 0 Å². The van der Waals surface area contributed by atoms with E-state index < -0.39 is 29.5 Å². The van der Waals surface area contributed by atoms with Crippen LogP contribution in [0.3, 0.4) is 0 Å². The van der Waals surface area contributed by atoms with E-state index in [1.54, 1.807) is 0 Å². The molecule has 8 nitrogen and oxygen atoms in total. The molecule has 2 bridgehead atoms. The second-order valence-electron chi connectivity index (χ2n) is 9.75. The number of hydrogen-bond acceptors (Lipinski definition) is 5. The van der Waals surface area contributed by atoms with Crippen molar-refractivity contribution in [3.8, 4) is 0 Å². The Labute approximate surface area is 201 Å². The molecule has 3 saturated heterocycles. The van der Waals surface area contributed by atoms with Gasteiger partial charge in [-0.25, -0.2) is 0 Å². The third-order valence-corrected chi connectivity index (χ3v) is 7.75. The summed E-state index contributed by atoms with van der Waals surface area (Å²) in [5.74, 6) is -2.06. The second-order valence-corrected chi connectivity index (χ2v) is 9.75. The van der Waals surface area contributed by atoms with Gasteiger partial charge in [0.1, 0.15) is 11.6 Å². The predicted molar refractivity (Wildman–Crippen MR) is 126 cm³/mol. The smallest absolute Gasteiger partial charge is 0.245 e. The number of fused-ring (bicyclic) bond motifs is 1. The van der Waals surface area contributed by atoms with Gasteiger partial charge in [0.15, 0.2) is 0 Å². The lowest BCUT2D eigenvalue weighted by Gasteiger charge is -2.36. The van der Waals surface area contributed by atoms with Gasteiger partial charge >= 0.3 is 0 Å². The molecule has 1 spiro atoms. The molecule has 0 saturated carbocycles. The Morgan fingerprint density at radius 3 is 2.62 bits per heavy atom. The van der Waals surface area contributed by atoms with E-state index in [0.717, 1.165) is 24.8 Å². The van der Waals surface area contributed by atoms with Crippen LogP contribution in [-0.2, 0) is 25.7 Å². The molecule has 3 aliphatic heterocycles. The van der Waals surface area contributed by atoms with Crippen molar-refractivity contribution in [3.05, 3.63) is 35.9 Å². The van der Waals surface area contributed by atoms with Crippen LogP contribution in [0.4, 0.5) is 0 Å². The Morgan fingerprint density at radius 1 is 1.18 bits per heavy atom. The number of nitrogens with one attached hydrogen (secondary N) is 2. The molecule has 2 unspecified atom stereocenters. The van der Waals surface area contributed by atoms with Gasteiger partial charge in [0.05, 0.1) is 30.6 Å². The minimum Gasteiger partial charge on any atom is -0.394 e. The van der Waals surface area contributed by atoms with Gasteiger partial charge in [0.2, 0.25) is 17.7 Å². The lowest BCUT2D eigenvalue weighted by Crippen LogP contribution is -2.58. The molecule has 1 aromatic carbocycles. The molecule has 0 aliphatic carbocycles. The van der Waals surface area contributed by atoms with Crippen LogP contribution >= 0.6 is 0 Å². The Hall–Kier alpha value is -2.45. The lowest BCUT2D eigenvalue weighted by molar-refractivity contribution is -0.145. The number of carbonyl (C=O) groups is 3. The summed E-state index contributed by atoms with van der Waals surface area (Å²) in [5.41, 5.74) is -0.0434. The van der Waals surface area contributed by atoms with E-state index >= 15 is 0 Å². The maximum Gasteiger partial charge on any atom is 0.245 e. The number of benzene rings is 1. The average molecular weight is 472 g/mol. The van der Waals surface area contributed by atoms with Crippen molar-refractivity contribution < 1.29 is 24.2 Å². The molecule has 3 N–H and O–H groups in total. The molecular weight excluding hydrogens is 434 g/mol. The van der Waals surface area contributed by atoms with Crippen molar-refractivity contribution in [2.45, 2.75) is 82.7 Å². The molecule has 1 aromatic rings. The number of aliphatic hydroxyl groups excluding tert-OH is 1. The highest BCUT2D eigenvalue weighted by Gasteiger charge is 2.74. The molecule has 8 heteroatoms. The third kappa shape index (κ3) is 4.22. The number of aliphatic hydroxyl groups is 1. The third-order valence-electron chi connectivity index (χ3n) is 7.75. The van der Waals surface area contributed by atoms with Crippen LogP contribution in [0.25, 0.3) is 0 Å². The summed E-state index contributed by atoms with van der Waals surface area (Å²) in [6.45, 7) is 4.66. The fourth-order valence-corrected chi connectivity index (χ4v) is 6.08. The van der Waals surface area contributed by atoms with E-state index in [1.165, 1.54) is 4.90 Å². The Kier molecular flexibility index (Phi) is 7.57. The van der Waals surface area contributed by atoms with Gasteiger partial charge in [0.25, 0.3) is 0 Å². The van der Waals surface area contributed by atoms with Crippen LogP contribution in [0.5, 0.6) is 0 Å². The van der Waals surface area contributed by atoms with Crippen LogP contribution in [0.15, 0.2) is 30.3 Å². The number of rotatable bonds is 11. The molecule has 34 heavy (non-hydrogen) atoms. The number of amides is 3. The van der Waals surface area contributed by atoms with Crippen molar-refractivity contribution in [2.24, 2.45) is 11.8 Å². The molecule has 3 aliphatic rings. The van der Waals surface area contributed by atoms with Crippen LogP contribution < -0.4 is 10.6 Å². The predicted octanol–water partition coefficient (Wildman–Crippen LogP) is 1.75. The highest BCUT2D eigenvalue weighted by atomic mass is 16.5. The van der Waals surface area contributed by atoms with Crippen molar-refractivity contribution in [1.82, 2.24) is 15.5 Å². The van der Waals surface area contributed by atoms with Gasteiger partial charge in [-0.05, 0) is 31.2 Å². The van der Waals surface area contributed by atoms with E-state index in [9.17, 15) is 19.5 Å². The molecule has 0 aromatic heterocycles. The van der Waals surface area contributed by atoms with Crippen molar-refractivity contribution in [3.63, 3.8) is 0 Å². The lowest BCUT2D eigenvalue weighted by atomic mass is 9.70. The standard InChI is InChI=1S/C26H37N3O5/c1-3-5-9-14-27-24(32)22-26-13-12-19(34-26)20(21(26)25(33)29(22)18(4-2)16-30)23(31)28-15-17-10-7-6-8-11-17/h6-8,10-11,18-22,30H,3-5,9,12-16H2,1-2H3,(H,27,32)(H,28,31)/t18-,19+,20-,21-,22?,26?/m0/s1. The quantitative estimate of drug-likeness (QED) is 0.426. The largest absolute Gasteiger partial charge is 0.394 e. The van der Waals surface area contributed by atoms with Crippen LogP contribution in [-0.4, -0.2) is 64.7 Å². The fraction of sp³-hybridized carbons (Fsp3) is 0.654. The highest BCUT2D eigenvalue weighted by Crippen LogP contribution is 2.58. The first-order chi connectivity index (χ1) is 16.5. The number of carbonyl (C=O) groups excluding carboxylic acids is 3. The Balaban J connectivity index is 1.58. The Morgan fingerprint density at radius 2 is 1.94 bits per heavy atom. The molecule has 186 valence electrons. The summed E-state index contributed by atoms with van der Waals surface area (Å²) in [7, 11) is 0. The zero-order valence-electron chi connectivity index (χ0n) is 20.2. The van der Waals surface area contributed by atoms with E-state index in [-0.39, 0.29) is 30.4 Å². The molecule has 0 radical (unpaired) electrons. The first kappa shape index (κ1) is 24.7. The number of unbranched alkanes of at least 4 members (excludes halogenated alkanes) is 2. The molecule has 4 rings (SSSR count). The second kappa shape index (κ2) is 10.4. The molecule has 3 fully saturated rings. The topological polar surface area (TPSA) is 108 Å². The normalized spacial score (nSPS) is 30.3. The first-order valence-electron chi connectivity index (χ1n) is 12.7. The number of hydrogen-bond donors (Lipinski definition) is 3. The molecular formula is C26H37N3O5. The SMILES string of the molecule is CCCCCNC(=O)C1N([C@@H](CC)CO)C(=O)[C@@H]2[C@@H](C(=O)NCc3ccccc3)[C@H]3CCC12O3. The molecule has 6 atom stereocenters. The van der Waals surface area contributed by atoms with Crippen molar-refractivity contribution >= 4 is 17.7 Å². The summed E-state index contributed by atoms with van der Waals surface area (Å²) >= 11 is 0. The summed E-state index contributed by atoms with van der Waals surface area (Å²) in [6, 6.07) is 8.30. The number of nitrogens with zero attached hydrogens (tertiary/aromatic N) is 1. The van der Waals surface area contributed by atoms with Gasteiger partial charge in [-0.2, -0.15) is 0 Å². The van der Waals surface area contributed by atoms with Crippen LogP contribution in [0.1, 0.15) is 57.9 Å².